The van der Waals surface area contributed by atoms with Crippen LogP contribution in [0.1, 0.15) is 11.4 Å². The molecule has 0 amide bonds. The molecule has 74 valence electrons. The predicted molar refractivity (Wildman–Crippen MR) is 63.8 cm³/mol. The highest BCUT2D eigenvalue weighted by atomic mass is 15.1. The fourth-order valence-corrected chi connectivity index (χ4v) is 2.19. The summed E-state index contributed by atoms with van der Waals surface area (Å²) in [7, 11) is 0. The summed E-state index contributed by atoms with van der Waals surface area (Å²) in [4.78, 5) is 7.83. The number of nitrogens with zero attached hydrogens (tertiary/aromatic N) is 2. The Morgan fingerprint density at radius 2 is 2.19 bits per heavy atom. The first-order valence-electron chi connectivity index (χ1n) is 5.18. The van der Waals surface area contributed by atoms with Crippen molar-refractivity contribution in [1.82, 2.24) is 14.4 Å². The second-order valence-corrected chi connectivity index (χ2v) is 3.83. The molecule has 1 N–H and O–H groups in total. The van der Waals surface area contributed by atoms with Gasteiger partial charge in [-0.15, -0.1) is 4.98 Å². The Kier molecular flexibility index (Phi) is 1.27. The number of nitrogens with one attached hydrogen (secondary N) is 1. The number of aromatic nitrogens is 3. The predicted octanol–water partition coefficient (Wildman–Crippen LogP) is 2.66. The maximum atomic E-state index is 4.53. The van der Waals surface area contributed by atoms with E-state index in [9.17, 15) is 0 Å². The summed E-state index contributed by atoms with van der Waals surface area (Å²) >= 11 is 0. The van der Waals surface area contributed by atoms with Crippen molar-refractivity contribution in [1.29, 1.82) is 0 Å². The van der Waals surface area contributed by atoms with E-state index in [0.717, 1.165) is 28.2 Å². The molecule has 1 aliphatic rings. The number of fused-ring (bicyclic) bond motifs is 5. The number of benzene rings is 1. The number of aromatic amines is 1. The molecule has 0 saturated carbocycles. The second-order valence-electron chi connectivity index (χ2n) is 3.83. The summed E-state index contributed by atoms with van der Waals surface area (Å²) in [5.41, 5.74) is 4.36. The molecule has 0 spiro atoms. The molecule has 3 aromatic rings. The first kappa shape index (κ1) is 7.85. The number of H-pyrrole nitrogens is 1. The van der Waals surface area contributed by atoms with Crippen LogP contribution in [0.5, 0.6) is 0 Å². The molecule has 16 heavy (non-hydrogen) atoms. The van der Waals surface area contributed by atoms with Crippen LogP contribution in [-0.4, -0.2) is 14.4 Å². The summed E-state index contributed by atoms with van der Waals surface area (Å²) in [6.07, 6.45) is 8.90. The summed E-state index contributed by atoms with van der Waals surface area (Å²) in [6, 6.07) is 8.21. The number of allylic oxidation sites excluding steroid dienone is 2. The number of hydrogen-bond donors (Lipinski definition) is 1. The van der Waals surface area contributed by atoms with Gasteiger partial charge in [0.25, 0.3) is 0 Å². The zero-order valence-corrected chi connectivity index (χ0v) is 8.44. The average molecular weight is 206 g/mol. The van der Waals surface area contributed by atoms with E-state index in [0.29, 0.717) is 0 Å². The lowest BCUT2D eigenvalue weighted by atomic mass is 10.2. The number of rotatable bonds is 0. The lowest BCUT2D eigenvalue weighted by Crippen LogP contribution is -1.87. The van der Waals surface area contributed by atoms with Crippen LogP contribution < -0.4 is 0 Å². The zero-order valence-electron chi connectivity index (χ0n) is 8.44. The molecule has 3 nitrogen and oxygen atoms in total. The van der Waals surface area contributed by atoms with Gasteiger partial charge in [0.1, 0.15) is 12.2 Å². The molecule has 2 heterocycles. The van der Waals surface area contributed by atoms with Gasteiger partial charge >= 0.3 is 0 Å². The first-order valence-corrected chi connectivity index (χ1v) is 5.18. The van der Waals surface area contributed by atoms with Crippen molar-refractivity contribution in [3.05, 3.63) is 47.8 Å². The summed E-state index contributed by atoms with van der Waals surface area (Å²) in [6.45, 7) is 0. The van der Waals surface area contributed by atoms with E-state index >= 15 is 0 Å². The van der Waals surface area contributed by atoms with Gasteiger partial charge in [0.05, 0.1) is 17.1 Å². The average Bonchev–Trinajstić information content (AvgIpc) is 2.83. The normalized spacial score (nSPS) is 13.2. The van der Waals surface area contributed by atoms with E-state index in [-0.39, 0.29) is 0 Å². The fourth-order valence-electron chi connectivity index (χ4n) is 2.19. The highest BCUT2D eigenvalue weighted by molar-refractivity contribution is 5.83. The van der Waals surface area contributed by atoms with Crippen LogP contribution in [0.3, 0.4) is 0 Å². The third-order valence-corrected chi connectivity index (χ3v) is 2.89. The molecular weight excluding hydrogens is 198 g/mol. The Hall–Kier alpha value is -2.38. The monoisotopic (exact) mass is 206 g/mol. The van der Waals surface area contributed by atoms with Crippen molar-refractivity contribution in [3.63, 3.8) is 0 Å². The first-order chi connectivity index (χ1) is 7.93. The van der Waals surface area contributed by atoms with Crippen molar-refractivity contribution in [2.45, 2.75) is 0 Å². The molecule has 0 radical (unpaired) electrons. The summed E-state index contributed by atoms with van der Waals surface area (Å²) in [5.74, 6) is 0.885. The molecule has 2 aromatic heterocycles. The third-order valence-electron chi connectivity index (χ3n) is 2.89. The van der Waals surface area contributed by atoms with E-state index in [1.807, 2.05) is 30.4 Å². The second kappa shape index (κ2) is 2.60. The van der Waals surface area contributed by atoms with Gasteiger partial charge < -0.3 is 4.98 Å². The fraction of sp³-hybridized carbons (Fsp3) is 0. The maximum absolute atomic E-state index is 4.53. The van der Waals surface area contributed by atoms with E-state index in [4.69, 9.17) is 0 Å². The Morgan fingerprint density at radius 3 is 3.19 bits per heavy atom. The van der Waals surface area contributed by atoms with Gasteiger partial charge in [-0.05, 0) is 12.1 Å². The molecule has 1 aliphatic carbocycles. The van der Waals surface area contributed by atoms with E-state index < -0.39 is 0 Å². The quantitative estimate of drug-likeness (QED) is 0.563. The minimum atomic E-state index is 0.885. The molecule has 0 atom stereocenters. The minimum Gasteiger partial charge on any atom is -0.322 e. The standard InChI is InChI=1S/C13H8N3/c1-3-7-11-9(5-1)14-13-15-10-6-2-4-8-12(10)16(11)13/h1,3-8H,(H,14,15)/q+1. The minimum absolute atomic E-state index is 0.885. The van der Waals surface area contributed by atoms with Crippen molar-refractivity contribution in [2.75, 3.05) is 0 Å². The zero-order chi connectivity index (χ0) is 10.5. The lowest BCUT2D eigenvalue weighted by Gasteiger charge is -1.92. The van der Waals surface area contributed by atoms with E-state index in [1.54, 1.807) is 0 Å². The molecule has 0 aliphatic heterocycles. The van der Waals surface area contributed by atoms with Gasteiger partial charge in [0.15, 0.2) is 5.69 Å². The molecule has 0 saturated heterocycles. The Balaban J connectivity index is 2.28. The largest absolute Gasteiger partial charge is 0.322 e. The van der Waals surface area contributed by atoms with Gasteiger partial charge in [0.2, 0.25) is 11.5 Å². The van der Waals surface area contributed by atoms with Gasteiger partial charge in [-0.2, -0.15) is 0 Å². The molecule has 0 unspecified atom stereocenters. The molecule has 0 bridgehead atoms. The number of hydrogen-bond acceptors (Lipinski definition) is 1. The van der Waals surface area contributed by atoms with E-state index in [2.05, 4.69) is 32.6 Å². The summed E-state index contributed by atoms with van der Waals surface area (Å²) in [5, 5.41) is 0. The SMILES string of the molecule is [C+]1=Cc2nc3[nH]c4ccccc4n3c2C=C1. The molecular formula is C13H8N3+. The smallest absolute Gasteiger partial charge is 0.229 e. The molecule has 4 rings (SSSR count). The third kappa shape index (κ3) is 0.835. The topological polar surface area (TPSA) is 33.1 Å². The van der Waals surface area contributed by atoms with Crippen molar-refractivity contribution >= 4 is 29.0 Å². The van der Waals surface area contributed by atoms with Crippen LogP contribution in [0.15, 0.2) is 30.3 Å². The van der Waals surface area contributed by atoms with Crippen molar-refractivity contribution in [3.8, 4) is 0 Å². The molecule has 1 aromatic carbocycles. The van der Waals surface area contributed by atoms with Crippen LogP contribution >= 0.6 is 0 Å². The summed E-state index contributed by atoms with van der Waals surface area (Å²) < 4.78 is 2.14. The van der Waals surface area contributed by atoms with E-state index in [1.165, 1.54) is 0 Å². The van der Waals surface area contributed by atoms with Crippen molar-refractivity contribution < 1.29 is 0 Å². The maximum Gasteiger partial charge on any atom is 0.229 e. The van der Waals surface area contributed by atoms with Crippen LogP contribution in [-0.2, 0) is 0 Å². The Morgan fingerprint density at radius 1 is 1.25 bits per heavy atom. The number of para-hydroxylation sites is 2. The van der Waals surface area contributed by atoms with Crippen LogP contribution in [0.4, 0.5) is 0 Å². The van der Waals surface area contributed by atoms with Crippen molar-refractivity contribution in [2.24, 2.45) is 0 Å². The molecule has 3 heteroatoms. The highest BCUT2D eigenvalue weighted by Crippen LogP contribution is 2.23. The van der Waals surface area contributed by atoms with Crippen LogP contribution in [0.2, 0.25) is 0 Å². The van der Waals surface area contributed by atoms with Gasteiger partial charge in [0, 0.05) is 6.08 Å². The van der Waals surface area contributed by atoms with Crippen LogP contribution in [0.25, 0.3) is 29.0 Å². The molecule has 0 fully saturated rings. The number of imidazole rings is 2. The lowest BCUT2D eigenvalue weighted by molar-refractivity contribution is 1.23. The van der Waals surface area contributed by atoms with Crippen LogP contribution in [0, 0.1) is 6.08 Å². The van der Waals surface area contributed by atoms with Gasteiger partial charge in [-0.3, -0.25) is 4.40 Å². The highest BCUT2D eigenvalue weighted by Gasteiger charge is 2.20. The Bertz CT molecular complexity index is 756. The Labute approximate surface area is 91.7 Å². The van der Waals surface area contributed by atoms with Gasteiger partial charge in [-0.1, -0.05) is 12.1 Å². The van der Waals surface area contributed by atoms with Gasteiger partial charge in [-0.25, -0.2) is 0 Å².